The van der Waals surface area contributed by atoms with Crippen LogP contribution in [-0.2, 0) is 0 Å². The molecule has 0 atom stereocenters. The molecule has 58 valence electrons. The Bertz CT molecular complexity index is 296. The van der Waals surface area contributed by atoms with Gasteiger partial charge in [0.25, 0.3) is 0 Å². The normalized spacial score (nSPS) is 9.64. The predicted molar refractivity (Wildman–Crippen MR) is 38.8 cm³/mol. The summed E-state index contributed by atoms with van der Waals surface area (Å²) >= 11 is 0. The highest BCUT2D eigenvalue weighted by molar-refractivity contribution is 5.96. The summed E-state index contributed by atoms with van der Waals surface area (Å²) in [4.78, 5) is 21.1. The Balaban J connectivity index is 3.20. The summed E-state index contributed by atoms with van der Waals surface area (Å²) in [6.07, 6.45) is 1.91. The molecule has 0 bridgehead atoms. The first-order chi connectivity index (χ1) is 5.16. The van der Waals surface area contributed by atoms with Crippen molar-refractivity contribution in [3.05, 3.63) is 23.2 Å². The van der Waals surface area contributed by atoms with Gasteiger partial charge in [-0.2, -0.15) is 0 Å². The molecule has 1 rings (SSSR count). The minimum absolute atomic E-state index is 0.0839. The van der Waals surface area contributed by atoms with Crippen molar-refractivity contribution in [3.8, 4) is 0 Å². The van der Waals surface area contributed by atoms with Gasteiger partial charge in [0.05, 0.1) is 5.56 Å². The Morgan fingerprint density at radius 3 is 2.55 bits per heavy atom. The molecule has 0 saturated heterocycles. The molecule has 3 nitrogen and oxygen atoms in total. The molecule has 0 aliphatic carbocycles. The fraction of sp³-hybridized carbons (Fsp3) is 0.250. The molecule has 0 saturated carbocycles. The maximum Gasteiger partial charge on any atom is 0.185 e. The highest BCUT2D eigenvalue weighted by Crippen LogP contribution is 2.14. The molecule has 0 aliphatic rings. The van der Waals surface area contributed by atoms with Gasteiger partial charge in [0, 0.05) is 5.56 Å². The van der Waals surface area contributed by atoms with E-state index >= 15 is 0 Å². The lowest BCUT2D eigenvalue weighted by Crippen LogP contribution is -1.92. The lowest BCUT2D eigenvalue weighted by Gasteiger charge is -1.88. The SMILES string of the molecule is CC(=O)c1coc(C=O)c1C. The summed E-state index contributed by atoms with van der Waals surface area (Å²) < 4.78 is 4.82. The number of Topliss-reactive ketones (excluding diaryl/α,β-unsaturated/α-hetero) is 1. The van der Waals surface area contributed by atoms with Gasteiger partial charge in [-0.1, -0.05) is 0 Å². The van der Waals surface area contributed by atoms with Gasteiger partial charge in [0.2, 0.25) is 0 Å². The third-order valence-corrected chi connectivity index (χ3v) is 1.56. The van der Waals surface area contributed by atoms with Crippen LogP contribution in [0.4, 0.5) is 0 Å². The number of carbonyl (C=O) groups excluding carboxylic acids is 2. The number of hydrogen-bond acceptors (Lipinski definition) is 3. The minimum atomic E-state index is -0.0839. The first-order valence-corrected chi connectivity index (χ1v) is 3.21. The van der Waals surface area contributed by atoms with Crippen LogP contribution in [0.25, 0.3) is 0 Å². The number of carbonyl (C=O) groups is 2. The molecular weight excluding hydrogens is 144 g/mol. The molecule has 0 amide bonds. The highest BCUT2D eigenvalue weighted by Gasteiger charge is 2.11. The van der Waals surface area contributed by atoms with E-state index in [1.54, 1.807) is 6.92 Å². The van der Waals surface area contributed by atoms with Crippen molar-refractivity contribution in [2.75, 3.05) is 0 Å². The maximum atomic E-state index is 10.8. The largest absolute Gasteiger partial charge is 0.460 e. The molecule has 0 radical (unpaired) electrons. The van der Waals surface area contributed by atoms with E-state index in [2.05, 4.69) is 0 Å². The Morgan fingerprint density at radius 1 is 1.64 bits per heavy atom. The summed E-state index contributed by atoms with van der Waals surface area (Å²) in [6, 6.07) is 0. The molecule has 0 N–H and O–H groups in total. The van der Waals surface area contributed by atoms with Crippen molar-refractivity contribution in [2.45, 2.75) is 13.8 Å². The molecule has 1 heterocycles. The third-order valence-electron chi connectivity index (χ3n) is 1.56. The standard InChI is InChI=1S/C8H8O3/c1-5-7(6(2)10)4-11-8(5)3-9/h3-4H,1-2H3. The second-order valence-electron chi connectivity index (χ2n) is 2.31. The lowest BCUT2D eigenvalue weighted by atomic mass is 10.1. The fourth-order valence-corrected chi connectivity index (χ4v) is 0.895. The zero-order valence-corrected chi connectivity index (χ0v) is 6.38. The summed E-state index contributed by atoms with van der Waals surface area (Å²) in [5.74, 6) is 0.148. The zero-order chi connectivity index (χ0) is 8.43. The number of furan rings is 1. The molecule has 3 heteroatoms. The molecular formula is C8H8O3. The average Bonchev–Trinajstić information content (AvgIpc) is 2.30. The first kappa shape index (κ1) is 7.72. The average molecular weight is 152 g/mol. The number of hydrogen-bond donors (Lipinski definition) is 0. The van der Waals surface area contributed by atoms with Crippen molar-refractivity contribution < 1.29 is 14.0 Å². The third kappa shape index (κ3) is 1.22. The Labute approximate surface area is 64.0 Å². The van der Waals surface area contributed by atoms with Crippen LogP contribution >= 0.6 is 0 Å². The molecule has 0 spiro atoms. The van der Waals surface area contributed by atoms with Crippen LogP contribution in [0.1, 0.15) is 33.4 Å². The van der Waals surface area contributed by atoms with Crippen LogP contribution in [0.3, 0.4) is 0 Å². The number of ketones is 1. The Hall–Kier alpha value is -1.38. The van der Waals surface area contributed by atoms with Gasteiger partial charge >= 0.3 is 0 Å². The van der Waals surface area contributed by atoms with Crippen molar-refractivity contribution in [2.24, 2.45) is 0 Å². The minimum Gasteiger partial charge on any atom is -0.460 e. The molecule has 0 aromatic carbocycles. The quantitative estimate of drug-likeness (QED) is 0.477. The van der Waals surface area contributed by atoms with Gasteiger partial charge in [-0.05, 0) is 13.8 Å². The van der Waals surface area contributed by atoms with E-state index in [1.807, 2.05) is 0 Å². The second-order valence-corrected chi connectivity index (χ2v) is 2.31. The van der Waals surface area contributed by atoms with Crippen molar-refractivity contribution in [1.82, 2.24) is 0 Å². The number of aldehydes is 1. The van der Waals surface area contributed by atoms with Crippen LogP contribution in [-0.4, -0.2) is 12.1 Å². The summed E-state index contributed by atoms with van der Waals surface area (Å²) in [5, 5.41) is 0. The maximum absolute atomic E-state index is 10.8. The van der Waals surface area contributed by atoms with Gasteiger partial charge in [-0.25, -0.2) is 0 Å². The molecule has 1 aromatic heterocycles. The van der Waals surface area contributed by atoms with E-state index in [0.29, 0.717) is 17.4 Å². The smallest absolute Gasteiger partial charge is 0.185 e. The lowest BCUT2D eigenvalue weighted by molar-refractivity contribution is 0.101. The van der Waals surface area contributed by atoms with Crippen LogP contribution in [0.2, 0.25) is 0 Å². The molecule has 0 fully saturated rings. The fourth-order valence-electron chi connectivity index (χ4n) is 0.895. The Morgan fingerprint density at radius 2 is 2.27 bits per heavy atom. The molecule has 1 aromatic rings. The summed E-state index contributed by atoms with van der Waals surface area (Å²) in [6.45, 7) is 3.12. The van der Waals surface area contributed by atoms with Gasteiger partial charge in [0.15, 0.2) is 17.8 Å². The van der Waals surface area contributed by atoms with E-state index in [1.165, 1.54) is 13.2 Å². The van der Waals surface area contributed by atoms with E-state index in [0.717, 1.165) is 0 Å². The second kappa shape index (κ2) is 2.70. The van der Waals surface area contributed by atoms with E-state index in [4.69, 9.17) is 4.42 Å². The van der Waals surface area contributed by atoms with Gasteiger partial charge in [-0.15, -0.1) is 0 Å². The van der Waals surface area contributed by atoms with Crippen LogP contribution in [0, 0.1) is 6.92 Å². The van der Waals surface area contributed by atoms with Gasteiger partial charge < -0.3 is 4.42 Å². The van der Waals surface area contributed by atoms with Crippen molar-refractivity contribution >= 4 is 12.1 Å². The van der Waals surface area contributed by atoms with Gasteiger partial charge in [0.1, 0.15) is 6.26 Å². The Kier molecular flexibility index (Phi) is 1.89. The monoisotopic (exact) mass is 152 g/mol. The zero-order valence-electron chi connectivity index (χ0n) is 6.38. The first-order valence-electron chi connectivity index (χ1n) is 3.21. The predicted octanol–water partition coefficient (Wildman–Crippen LogP) is 1.60. The number of rotatable bonds is 2. The van der Waals surface area contributed by atoms with E-state index in [-0.39, 0.29) is 11.5 Å². The van der Waals surface area contributed by atoms with Crippen LogP contribution < -0.4 is 0 Å². The van der Waals surface area contributed by atoms with E-state index < -0.39 is 0 Å². The molecule has 11 heavy (non-hydrogen) atoms. The highest BCUT2D eigenvalue weighted by atomic mass is 16.3. The van der Waals surface area contributed by atoms with E-state index in [9.17, 15) is 9.59 Å². The van der Waals surface area contributed by atoms with Gasteiger partial charge in [-0.3, -0.25) is 9.59 Å². The van der Waals surface area contributed by atoms with Crippen LogP contribution in [0.5, 0.6) is 0 Å². The molecule has 0 aliphatic heterocycles. The molecule has 0 unspecified atom stereocenters. The summed E-state index contributed by atoms with van der Waals surface area (Å²) in [5.41, 5.74) is 1.10. The van der Waals surface area contributed by atoms with Crippen molar-refractivity contribution in [3.63, 3.8) is 0 Å². The van der Waals surface area contributed by atoms with Crippen LogP contribution in [0.15, 0.2) is 10.7 Å². The summed E-state index contributed by atoms with van der Waals surface area (Å²) in [7, 11) is 0. The van der Waals surface area contributed by atoms with Crippen molar-refractivity contribution in [1.29, 1.82) is 0 Å². The topological polar surface area (TPSA) is 47.3 Å².